The van der Waals surface area contributed by atoms with Gasteiger partial charge in [0.1, 0.15) is 0 Å². The fraction of sp³-hybridized carbons (Fsp3) is 0.429. The van der Waals surface area contributed by atoms with Crippen molar-refractivity contribution in [3.63, 3.8) is 0 Å². The second kappa shape index (κ2) is 3.03. The Balaban J connectivity index is 2.90. The summed E-state index contributed by atoms with van der Waals surface area (Å²) in [5.41, 5.74) is 6.75. The van der Waals surface area contributed by atoms with E-state index in [0.29, 0.717) is 0 Å². The molecule has 0 bridgehead atoms. The van der Waals surface area contributed by atoms with Crippen LogP contribution >= 0.6 is 11.3 Å². The Morgan fingerprint density at radius 2 is 2.40 bits per heavy atom. The van der Waals surface area contributed by atoms with Crippen LogP contribution in [0.15, 0.2) is 11.4 Å². The molecule has 0 aliphatic carbocycles. The minimum Gasteiger partial charge on any atom is -0.487 e. The fourth-order valence-corrected chi connectivity index (χ4v) is 1.63. The van der Waals surface area contributed by atoms with Crippen molar-refractivity contribution in [3.05, 3.63) is 17.0 Å². The predicted octanol–water partition coefficient (Wildman–Crippen LogP) is 1.78. The van der Waals surface area contributed by atoms with E-state index in [9.17, 15) is 0 Å². The predicted molar refractivity (Wildman–Crippen MR) is 43.5 cm³/mol. The standard InChI is InChI=1S/C7H11NOS/c1-5(8)6-3-4-10-7(6)9-2/h3-5H,8H2,1-2H3/t5-/m0/s1. The molecule has 0 unspecified atom stereocenters. The van der Waals surface area contributed by atoms with Gasteiger partial charge in [-0.3, -0.25) is 0 Å². The van der Waals surface area contributed by atoms with Crippen LogP contribution in [0.2, 0.25) is 0 Å². The van der Waals surface area contributed by atoms with Crippen molar-refractivity contribution < 1.29 is 4.74 Å². The Kier molecular flexibility index (Phi) is 2.29. The highest BCUT2D eigenvalue weighted by atomic mass is 32.1. The number of thiophene rings is 1. The average molecular weight is 157 g/mol. The molecule has 0 aromatic carbocycles. The van der Waals surface area contributed by atoms with Crippen molar-refractivity contribution in [1.29, 1.82) is 0 Å². The Labute approximate surface area is 64.6 Å². The van der Waals surface area contributed by atoms with Crippen LogP contribution in [0.3, 0.4) is 0 Å². The molecule has 10 heavy (non-hydrogen) atoms. The van der Waals surface area contributed by atoms with E-state index in [1.807, 2.05) is 18.4 Å². The summed E-state index contributed by atoms with van der Waals surface area (Å²) >= 11 is 1.58. The molecule has 1 atom stereocenters. The summed E-state index contributed by atoms with van der Waals surface area (Å²) in [4.78, 5) is 0. The van der Waals surface area contributed by atoms with E-state index in [4.69, 9.17) is 10.5 Å². The lowest BCUT2D eigenvalue weighted by Crippen LogP contribution is -2.04. The van der Waals surface area contributed by atoms with Crippen LogP contribution in [-0.2, 0) is 0 Å². The van der Waals surface area contributed by atoms with E-state index in [0.717, 1.165) is 10.6 Å². The van der Waals surface area contributed by atoms with Crippen molar-refractivity contribution in [1.82, 2.24) is 0 Å². The Morgan fingerprint density at radius 3 is 2.80 bits per heavy atom. The molecule has 0 spiro atoms. The van der Waals surface area contributed by atoms with Gasteiger partial charge in [0, 0.05) is 11.6 Å². The first-order chi connectivity index (χ1) is 4.75. The molecule has 3 heteroatoms. The highest BCUT2D eigenvalue weighted by molar-refractivity contribution is 7.12. The second-order valence-corrected chi connectivity index (χ2v) is 3.03. The molecule has 56 valence electrons. The summed E-state index contributed by atoms with van der Waals surface area (Å²) in [7, 11) is 1.66. The quantitative estimate of drug-likeness (QED) is 0.710. The topological polar surface area (TPSA) is 35.2 Å². The third-order valence-corrected chi connectivity index (χ3v) is 2.22. The molecule has 0 radical (unpaired) electrons. The molecular formula is C7H11NOS. The van der Waals surface area contributed by atoms with E-state index in [-0.39, 0.29) is 6.04 Å². The van der Waals surface area contributed by atoms with Crippen LogP contribution in [0.4, 0.5) is 0 Å². The maximum absolute atomic E-state index is 5.66. The van der Waals surface area contributed by atoms with Crippen LogP contribution in [0.1, 0.15) is 18.5 Å². The monoisotopic (exact) mass is 157 g/mol. The van der Waals surface area contributed by atoms with Crippen molar-refractivity contribution in [2.45, 2.75) is 13.0 Å². The summed E-state index contributed by atoms with van der Waals surface area (Å²) in [6.45, 7) is 1.95. The minimum absolute atomic E-state index is 0.0706. The third-order valence-electron chi connectivity index (χ3n) is 1.33. The van der Waals surface area contributed by atoms with Gasteiger partial charge in [-0.1, -0.05) is 0 Å². The van der Waals surface area contributed by atoms with Crippen LogP contribution in [-0.4, -0.2) is 7.11 Å². The minimum atomic E-state index is 0.0706. The smallest absolute Gasteiger partial charge is 0.178 e. The Bertz CT molecular complexity index is 207. The van der Waals surface area contributed by atoms with Crippen LogP contribution < -0.4 is 10.5 Å². The maximum Gasteiger partial charge on any atom is 0.178 e. The summed E-state index contributed by atoms with van der Waals surface area (Å²) < 4.78 is 5.09. The van der Waals surface area contributed by atoms with Gasteiger partial charge in [0.15, 0.2) is 5.06 Å². The SMILES string of the molecule is COc1sccc1[C@H](C)N. The average Bonchev–Trinajstić information content (AvgIpc) is 2.33. The third kappa shape index (κ3) is 1.30. The van der Waals surface area contributed by atoms with E-state index in [1.165, 1.54) is 0 Å². The molecule has 0 saturated heterocycles. The highest BCUT2D eigenvalue weighted by Gasteiger charge is 2.06. The summed E-state index contributed by atoms with van der Waals surface area (Å²) in [6.07, 6.45) is 0. The first kappa shape index (κ1) is 7.57. The van der Waals surface area contributed by atoms with Gasteiger partial charge >= 0.3 is 0 Å². The molecule has 0 amide bonds. The van der Waals surface area contributed by atoms with Gasteiger partial charge in [0.25, 0.3) is 0 Å². The second-order valence-electron chi connectivity index (χ2n) is 2.16. The molecule has 2 N–H and O–H groups in total. The van der Waals surface area contributed by atoms with Crippen molar-refractivity contribution in [3.8, 4) is 5.06 Å². The first-order valence-corrected chi connectivity index (χ1v) is 4.00. The van der Waals surface area contributed by atoms with Gasteiger partial charge in [-0.15, -0.1) is 11.3 Å². The molecule has 1 heterocycles. The Morgan fingerprint density at radius 1 is 1.70 bits per heavy atom. The molecule has 0 aliphatic heterocycles. The van der Waals surface area contributed by atoms with Crippen LogP contribution in [0.25, 0.3) is 0 Å². The molecular weight excluding hydrogens is 146 g/mol. The number of methoxy groups -OCH3 is 1. The zero-order valence-electron chi connectivity index (χ0n) is 6.13. The molecule has 0 saturated carbocycles. The van der Waals surface area contributed by atoms with Crippen molar-refractivity contribution in [2.24, 2.45) is 5.73 Å². The maximum atomic E-state index is 5.66. The number of hydrogen-bond acceptors (Lipinski definition) is 3. The molecule has 1 aromatic rings. The van der Waals surface area contributed by atoms with Crippen LogP contribution in [0.5, 0.6) is 5.06 Å². The van der Waals surface area contributed by atoms with Crippen molar-refractivity contribution >= 4 is 11.3 Å². The summed E-state index contributed by atoms with van der Waals surface area (Å²) in [5.74, 6) is 0. The van der Waals surface area contributed by atoms with E-state index >= 15 is 0 Å². The zero-order chi connectivity index (χ0) is 7.56. The lowest BCUT2D eigenvalue weighted by Gasteiger charge is -2.04. The van der Waals surface area contributed by atoms with Crippen molar-refractivity contribution in [2.75, 3.05) is 7.11 Å². The Hall–Kier alpha value is -0.540. The van der Waals surface area contributed by atoms with E-state index in [2.05, 4.69) is 0 Å². The molecule has 0 aliphatic rings. The number of nitrogens with two attached hydrogens (primary N) is 1. The van der Waals surface area contributed by atoms with Gasteiger partial charge in [-0.2, -0.15) is 0 Å². The molecule has 0 fully saturated rings. The van der Waals surface area contributed by atoms with Gasteiger partial charge in [0.05, 0.1) is 7.11 Å². The fourth-order valence-electron chi connectivity index (χ4n) is 0.809. The largest absolute Gasteiger partial charge is 0.487 e. The molecule has 2 nitrogen and oxygen atoms in total. The number of rotatable bonds is 2. The van der Waals surface area contributed by atoms with Crippen LogP contribution in [0, 0.1) is 0 Å². The molecule has 1 aromatic heterocycles. The number of hydrogen-bond donors (Lipinski definition) is 1. The zero-order valence-corrected chi connectivity index (χ0v) is 6.94. The van der Waals surface area contributed by atoms with Gasteiger partial charge < -0.3 is 10.5 Å². The van der Waals surface area contributed by atoms with Gasteiger partial charge in [0.2, 0.25) is 0 Å². The first-order valence-electron chi connectivity index (χ1n) is 3.12. The number of ether oxygens (including phenoxy) is 1. The lowest BCUT2D eigenvalue weighted by atomic mass is 10.2. The normalized spacial score (nSPS) is 13.1. The van der Waals surface area contributed by atoms with Gasteiger partial charge in [-0.05, 0) is 18.4 Å². The highest BCUT2D eigenvalue weighted by Crippen LogP contribution is 2.29. The summed E-state index contributed by atoms with van der Waals surface area (Å²) in [5, 5.41) is 2.91. The molecule has 1 rings (SSSR count). The van der Waals surface area contributed by atoms with E-state index < -0.39 is 0 Å². The van der Waals surface area contributed by atoms with Gasteiger partial charge in [-0.25, -0.2) is 0 Å². The summed E-state index contributed by atoms with van der Waals surface area (Å²) in [6, 6.07) is 2.06. The van der Waals surface area contributed by atoms with E-state index in [1.54, 1.807) is 18.4 Å². The lowest BCUT2D eigenvalue weighted by molar-refractivity contribution is 0.420.